The lowest BCUT2D eigenvalue weighted by molar-refractivity contribution is -0.142. The zero-order chi connectivity index (χ0) is 23.7. The van der Waals surface area contributed by atoms with E-state index in [0.29, 0.717) is 12.2 Å². The van der Waals surface area contributed by atoms with E-state index in [2.05, 4.69) is 10.6 Å². The number of aromatic hydroxyl groups is 2. The number of benzene rings is 2. The summed E-state index contributed by atoms with van der Waals surface area (Å²) in [5, 5.41) is 25.3. The number of unbranched alkanes of at least 4 members (excludes halogenated alkanes) is 1. The molecule has 0 heterocycles. The van der Waals surface area contributed by atoms with Gasteiger partial charge in [0.2, 0.25) is 0 Å². The van der Waals surface area contributed by atoms with Gasteiger partial charge in [0.25, 0.3) is 5.91 Å². The molecule has 0 aliphatic heterocycles. The highest BCUT2D eigenvalue weighted by Crippen LogP contribution is 2.42. The Kier molecular flexibility index (Phi) is 9.90. The van der Waals surface area contributed by atoms with Crippen LogP contribution in [0.1, 0.15) is 28.8 Å². The number of amides is 1. The Morgan fingerprint density at radius 3 is 2.44 bits per heavy atom. The van der Waals surface area contributed by atoms with Crippen LogP contribution in [-0.2, 0) is 16.0 Å². The number of esters is 1. The van der Waals surface area contributed by atoms with Crippen LogP contribution >= 0.6 is 23.2 Å². The van der Waals surface area contributed by atoms with Gasteiger partial charge in [0.1, 0.15) is 16.8 Å². The third kappa shape index (κ3) is 6.91. The van der Waals surface area contributed by atoms with Crippen molar-refractivity contribution in [2.45, 2.75) is 25.3 Å². The number of phenols is 2. The van der Waals surface area contributed by atoms with E-state index in [1.54, 1.807) is 12.1 Å². The second kappa shape index (κ2) is 12.4. The summed E-state index contributed by atoms with van der Waals surface area (Å²) >= 11 is 12.4. The summed E-state index contributed by atoms with van der Waals surface area (Å²) in [6.45, 7) is 1.17. The van der Waals surface area contributed by atoms with Crippen LogP contribution in [0.3, 0.4) is 0 Å². The van der Waals surface area contributed by atoms with Crippen molar-refractivity contribution in [1.82, 2.24) is 10.6 Å². The van der Waals surface area contributed by atoms with Gasteiger partial charge in [0.15, 0.2) is 11.5 Å². The van der Waals surface area contributed by atoms with Crippen molar-refractivity contribution in [2.24, 2.45) is 0 Å². The molecule has 2 rings (SSSR count). The fourth-order valence-corrected chi connectivity index (χ4v) is 3.48. The highest BCUT2D eigenvalue weighted by molar-refractivity contribution is 6.39. The number of methoxy groups -OCH3 is 1. The van der Waals surface area contributed by atoms with Gasteiger partial charge in [0, 0.05) is 6.42 Å². The number of halogens is 2. The Hall–Kier alpha value is -2.68. The molecule has 0 saturated heterocycles. The molecule has 0 saturated carbocycles. The third-order valence-electron chi connectivity index (χ3n) is 4.63. The van der Waals surface area contributed by atoms with Crippen LogP contribution in [0.5, 0.6) is 17.2 Å². The summed E-state index contributed by atoms with van der Waals surface area (Å²) in [6, 6.07) is 6.35. The number of hydrogen-bond acceptors (Lipinski definition) is 7. The van der Waals surface area contributed by atoms with Gasteiger partial charge in [-0.2, -0.15) is 0 Å². The summed E-state index contributed by atoms with van der Waals surface area (Å²) < 4.78 is 10.3. The van der Waals surface area contributed by atoms with Crippen LogP contribution in [0.4, 0.5) is 0 Å². The molecular weight excluding hydrogens is 459 g/mol. The summed E-state index contributed by atoms with van der Waals surface area (Å²) in [5.74, 6) is -1.79. The van der Waals surface area contributed by atoms with Gasteiger partial charge in [-0.05, 0) is 50.2 Å². The van der Waals surface area contributed by atoms with Crippen molar-refractivity contribution in [2.75, 3.05) is 27.3 Å². The Morgan fingerprint density at radius 2 is 1.81 bits per heavy atom. The van der Waals surface area contributed by atoms with Gasteiger partial charge in [-0.1, -0.05) is 35.3 Å². The number of hydrogen-bond donors (Lipinski definition) is 4. The summed E-state index contributed by atoms with van der Waals surface area (Å²) in [7, 11) is 3.05. The number of carbonyl (C=O) groups excluding carboxylic acids is 2. The van der Waals surface area contributed by atoms with Gasteiger partial charge in [0.05, 0.1) is 24.3 Å². The zero-order valence-corrected chi connectivity index (χ0v) is 19.3. The first-order valence-electron chi connectivity index (χ1n) is 9.93. The number of rotatable bonds is 11. The van der Waals surface area contributed by atoms with Crippen LogP contribution in [0.2, 0.25) is 10.0 Å². The van der Waals surface area contributed by atoms with Gasteiger partial charge in [-0.3, -0.25) is 4.79 Å². The minimum atomic E-state index is -1.04. The number of carbonyl (C=O) groups is 2. The quantitative estimate of drug-likeness (QED) is 0.285. The molecule has 32 heavy (non-hydrogen) atoms. The summed E-state index contributed by atoms with van der Waals surface area (Å²) in [4.78, 5) is 25.0. The van der Waals surface area contributed by atoms with Crippen molar-refractivity contribution in [3.8, 4) is 17.2 Å². The molecule has 0 aromatic heterocycles. The normalized spacial score (nSPS) is 11.6. The van der Waals surface area contributed by atoms with Gasteiger partial charge < -0.3 is 30.3 Å². The SMILES string of the molecule is CNCCCCOc1c(Cl)cc(C(=O)NC(Cc2ccc(O)cc2)C(=O)OC)c(O)c1Cl. The average molecular weight is 485 g/mol. The molecule has 2 aromatic carbocycles. The van der Waals surface area contributed by atoms with E-state index in [1.165, 1.54) is 25.3 Å². The summed E-state index contributed by atoms with van der Waals surface area (Å²) in [5.41, 5.74) is 0.475. The molecule has 10 heteroatoms. The predicted molar refractivity (Wildman–Crippen MR) is 122 cm³/mol. The van der Waals surface area contributed by atoms with E-state index >= 15 is 0 Å². The van der Waals surface area contributed by atoms with E-state index < -0.39 is 23.7 Å². The van der Waals surface area contributed by atoms with E-state index in [9.17, 15) is 19.8 Å². The topological polar surface area (TPSA) is 117 Å². The second-order valence-electron chi connectivity index (χ2n) is 6.98. The van der Waals surface area contributed by atoms with Crippen molar-refractivity contribution >= 4 is 35.1 Å². The average Bonchev–Trinajstić information content (AvgIpc) is 2.78. The first kappa shape index (κ1) is 25.6. The molecule has 0 fully saturated rings. The van der Waals surface area contributed by atoms with E-state index in [4.69, 9.17) is 32.7 Å². The van der Waals surface area contributed by atoms with E-state index in [0.717, 1.165) is 19.4 Å². The Bertz CT molecular complexity index is 937. The maximum absolute atomic E-state index is 12.8. The first-order chi connectivity index (χ1) is 15.3. The van der Waals surface area contributed by atoms with E-state index in [-0.39, 0.29) is 33.5 Å². The van der Waals surface area contributed by atoms with Crippen LogP contribution < -0.4 is 15.4 Å². The van der Waals surface area contributed by atoms with Crippen LogP contribution in [-0.4, -0.2) is 55.4 Å². The van der Waals surface area contributed by atoms with Crippen LogP contribution in [0.15, 0.2) is 30.3 Å². The maximum atomic E-state index is 12.8. The van der Waals surface area contributed by atoms with Crippen LogP contribution in [0.25, 0.3) is 0 Å². The van der Waals surface area contributed by atoms with Crippen molar-refractivity contribution in [3.05, 3.63) is 51.5 Å². The minimum absolute atomic E-state index is 0.0553. The summed E-state index contributed by atoms with van der Waals surface area (Å²) in [6.07, 6.45) is 1.73. The minimum Gasteiger partial charge on any atom is -0.508 e. The molecule has 0 bridgehead atoms. The van der Waals surface area contributed by atoms with Crippen molar-refractivity contribution in [1.29, 1.82) is 0 Å². The monoisotopic (exact) mass is 484 g/mol. The third-order valence-corrected chi connectivity index (χ3v) is 5.26. The maximum Gasteiger partial charge on any atom is 0.328 e. The number of phenolic OH excluding ortho intramolecular Hbond substituents is 2. The molecule has 1 amide bonds. The largest absolute Gasteiger partial charge is 0.508 e. The molecule has 1 unspecified atom stereocenters. The molecule has 0 aliphatic rings. The second-order valence-corrected chi connectivity index (χ2v) is 7.76. The van der Waals surface area contributed by atoms with Gasteiger partial charge in [-0.15, -0.1) is 0 Å². The molecule has 0 radical (unpaired) electrons. The molecule has 1 atom stereocenters. The molecule has 4 N–H and O–H groups in total. The Labute approximate surface area is 196 Å². The molecule has 174 valence electrons. The molecule has 8 nitrogen and oxygen atoms in total. The number of nitrogens with one attached hydrogen (secondary N) is 2. The van der Waals surface area contributed by atoms with Crippen molar-refractivity contribution < 1.29 is 29.3 Å². The van der Waals surface area contributed by atoms with E-state index in [1.807, 2.05) is 7.05 Å². The standard InChI is InChI=1S/C22H26Cl2N2O6/c1-25-9-3-4-10-32-20-16(23)12-15(19(28)18(20)24)21(29)26-17(22(30)31-2)11-13-5-7-14(27)8-6-13/h5-8,12,17,25,27-28H,3-4,9-11H2,1-2H3,(H,26,29). The fraction of sp³-hybridized carbons (Fsp3) is 0.364. The molecule has 0 spiro atoms. The molecule has 2 aromatic rings. The molecule has 0 aliphatic carbocycles. The zero-order valence-electron chi connectivity index (χ0n) is 17.8. The van der Waals surface area contributed by atoms with Gasteiger partial charge >= 0.3 is 5.97 Å². The highest BCUT2D eigenvalue weighted by atomic mass is 35.5. The Morgan fingerprint density at radius 1 is 1.12 bits per heavy atom. The molecular formula is C22H26Cl2N2O6. The first-order valence-corrected chi connectivity index (χ1v) is 10.7. The fourth-order valence-electron chi connectivity index (χ4n) is 2.91. The lowest BCUT2D eigenvalue weighted by atomic mass is 10.0. The lowest BCUT2D eigenvalue weighted by Gasteiger charge is -2.18. The smallest absolute Gasteiger partial charge is 0.328 e. The van der Waals surface area contributed by atoms with Gasteiger partial charge in [-0.25, -0.2) is 4.79 Å². The number of ether oxygens (including phenoxy) is 2. The van der Waals surface area contributed by atoms with Crippen LogP contribution in [0, 0.1) is 0 Å². The highest BCUT2D eigenvalue weighted by Gasteiger charge is 2.26. The Balaban J connectivity index is 2.17. The lowest BCUT2D eigenvalue weighted by Crippen LogP contribution is -2.43. The predicted octanol–water partition coefficient (Wildman–Crippen LogP) is 3.30. The van der Waals surface area contributed by atoms with Crippen molar-refractivity contribution in [3.63, 3.8) is 0 Å².